The fraction of sp³-hybridized carbons (Fsp3) is 0.526. The second kappa shape index (κ2) is 8.39. The Morgan fingerprint density at radius 3 is 2.70 bits per heavy atom. The molecule has 0 radical (unpaired) electrons. The third-order valence-electron chi connectivity index (χ3n) is 5.09. The molecule has 1 fully saturated rings. The summed E-state index contributed by atoms with van der Waals surface area (Å²) in [7, 11) is 3.07. The summed E-state index contributed by atoms with van der Waals surface area (Å²) in [6.45, 7) is 2.58. The van der Waals surface area contributed by atoms with Crippen LogP contribution in [0.1, 0.15) is 19.3 Å². The molecule has 1 aliphatic rings. The number of carbonyl (C=O) groups excluding carboxylic acids is 1. The molecule has 1 atom stereocenters. The molecule has 1 amide bonds. The van der Waals surface area contributed by atoms with Crippen LogP contribution in [0.4, 0.5) is 0 Å². The van der Waals surface area contributed by atoms with E-state index in [0.29, 0.717) is 54.3 Å². The molecule has 1 aromatic carbocycles. The Bertz CT molecular complexity index is 880. The molecule has 8 heteroatoms. The fourth-order valence-corrected chi connectivity index (χ4v) is 3.45. The zero-order valence-corrected chi connectivity index (χ0v) is 15.8. The number of benzene rings is 1. The lowest BCUT2D eigenvalue weighted by molar-refractivity contribution is -0.130. The second-order valence-corrected chi connectivity index (χ2v) is 6.80. The van der Waals surface area contributed by atoms with E-state index in [0.717, 1.165) is 19.5 Å². The first-order valence-corrected chi connectivity index (χ1v) is 9.16. The number of likely N-dealkylation sites (tertiary alicyclic amines) is 1. The van der Waals surface area contributed by atoms with Crippen LogP contribution < -0.4 is 20.8 Å². The van der Waals surface area contributed by atoms with Gasteiger partial charge in [0.25, 0.3) is 5.56 Å². The lowest BCUT2D eigenvalue weighted by Gasteiger charge is -2.16. The Labute approximate surface area is 157 Å². The minimum Gasteiger partial charge on any atom is -0.493 e. The van der Waals surface area contributed by atoms with Gasteiger partial charge in [0.2, 0.25) is 5.91 Å². The van der Waals surface area contributed by atoms with Crippen molar-refractivity contribution in [2.75, 3.05) is 33.9 Å². The molecule has 0 saturated carbocycles. The van der Waals surface area contributed by atoms with E-state index in [9.17, 15) is 9.59 Å². The van der Waals surface area contributed by atoms with Crippen molar-refractivity contribution in [2.45, 2.75) is 25.8 Å². The van der Waals surface area contributed by atoms with Crippen molar-refractivity contribution in [1.82, 2.24) is 14.5 Å². The topological polar surface area (TPSA) is 99.7 Å². The molecular weight excluding hydrogens is 348 g/mol. The van der Waals surface area contributed by atoms with Crippen LogP contribution in [-0.4, -0.2) is 54.2 Å². The average molecular weight is 374 g/mol. The number of fused-ring (bicyclic) bond motifs is 1. The normalized spacial score (nSPS) is 16.7. The number of ether oxygens (including phenoxy) is 2. The number of amides is 1. The summed E-state index contributed by atoms with van der Waals surface area (Å²) in [6.07, 6.45) is 3.49. The molecule has 2 aromatic rings. The van der Waals surface area contributed by atoms with Gasteiger partial charge in [-0.05, 0) is 31.4 Å². The van der Waals surface area contributed by atoms with Crippen LogP contribution in [-0.2, 0) is 11.3 Å². The lowest BCUT2D eigenvalue weighted by Crippen LogP contribution is -2.30. The van der Waals surface area contributed by atoms with E-state index >= 15 is 0 Å². The van der Waals surface area contributed by atoms with E-state index in [-0.39, 0.29) is 11.5 Å². The van der Waals surface area contributed by atoms with Gasteiger partial charge in [0.15, 0.2) is 11.5 Å². The zero-order chi connectivity index (χ0) is 19.4. The third-order valence-corrected chi connectivity index (χ3v) is 5.09. The highest BCUT2D eigenvalue weighted by Gasteiger charge is 2.24. The first-order valence-electron chi connectivity index (χ1n) is 9.16. The summed E-state index contributed by atoms with van der Waals surface area (Å²) in [5, 5.41) is 0.465. The Morgan fingerprint density at radius 1 is 1.30 bits per heavy atom. The number of methoxy groups -OCH3 is 2. The van der Waals surface area contributed by atoms with Crippen LogP contribution in [0.5, 0.6) is 11.5 Å². The van der Waals surface area contributed by atoms with Crippen molar-refractivity contribution in [3.8, 4) is 11.5 Å². The third kappa shape index (κ3) is 4.05. The van der Waals surface area contributed by atoms with Gasteiger partial charge in [-0.15, -0.1) is 0 Å². The zero-order valence-electron chi connectivity index (χ0n) is 15.8. The fourth-order valence-electron chi connectivity index (χ4n) is 3.45. The van der Waals surface area contributed by atoms with E-state index in [1.54, 1.807) is 12.1 Å². The monoisotopic (exact) mass is 374 g/mol. The Morgan fingerprint density at radius 2 is 2.04 bits per heavy atom. The first kappa shape index (κ1) is 19.2. The molecular formula is C19H26N4O4. The van der Waals surface area contributed by atoms with E-state index < -0.39 is 0 Å². The second-order valence-electron chi connectivity index (χ2n) is 6.80. The van der Waals surface area contributed by atoms with Crippen molar-refractivity contribution in [1.29, 1.82) is 0 Å². The molecule has 146 valence electrons. The van der Waals surface area contributed by atoms with E-state index in [4.69, 9.17) is 15.2 Å². The van der Waals surface area contributed by atoms with Crippen molar-refractivity contribution < 1.29 is 14.3 Å². The number of hydrogen-bond donors (Lipinski definition) is 1. The predicted octanol–water partition coefficient (Wildman–Crippen LogP) is 1.00. The lowest BCUT2D eigenvalue weighted by atomic mass is 10.1. The number of aryl methyl sites for hydroxylation is 1. The van der Waals surface area contributed by atoms with Gasteiger partial charge < -0.3 is 20.1 Å². The summed E-state index contributed by atoms with van der Waals surface area (Å²) in [5.74, 6) is 1.55. The first-order chi connectivity index (χ1) is 13.1. The maximum atomic E-state index is 12.7. The molecule has 8 nitrogen and oxygen atoms in total. The standard InChI is InChI=1S/C19H26N4O4/c1-26-16-8-14-15(9-17(16)27-2)21-12-23(19(14)25)6-3-4-18(24)22-7-5-13(10-20)11-22/h8-9,12-13H,3-7,10-11,20H2,1-2H3. The van der Waals surface area contributed by atoms with Gasteiger partial charge in [-0.2, -0.15) is 0 Å². The molecule has 0 spiro atoms. The van der Waals surface area contributed by atoms with Crippen LogP contribution in [0.2, 0.25) is 0 Å². The van der Waals surface area contributed by atoms with Gasteiger partial charge in [-0.1, -0.05) is 0 Å². The highest BCUT2D eigenvalue weighted by molar-refractivity contribution is 5.81. The Hall–Kier alpha value is -2.61. The minimum absolute atomic E-state index is 0.124. The van der Waals surface area contributed by atoms with Crippen molar-refractivity contribution >= 4 is 16.8 Å². The number of nitrogens with zero attached hydrogens (tertiary/aromatic N) is 3. The van der Waals surface area contributed by atoms with E-state index in [1.807, 2.05) is 4.90 Å². The largest absolute Gasteiger partial charge is 0.493 e. The van der Waals surface area contributed by atoms with Crippen molar-refractivity contribution in [3.05, 3.63) is 28.8 Å². The van der Waals surface area contributed by atoms with Crippen molar-refractivity contribution in [3.63, 3.8) is 0 Å². The van der Waals surface area contributed by atoms with Gasteiger partial charge in [-0.3, -0.25) is 14.2 Å². The molecule has 27 heavy (non-hydrogen) atoms. The van der Waals surface area contributed by atoms with Crippen molar-refractivity contribution in [2.24, 2.45) is 11.7 Å². The molecule has 2 heterocycles. The molecule has 2 N–H and O–H groups in total. The average Bonchev–Trinajstić information content (AvgIpc) is 3.18. The van der Waals surface area contributed by atoms with Gasteiger partial charge in [0, 0.05) is 32.1 Å². The highest BCUT2D eigenvalue weighted by atomic mass is 16.5. The summed E-state index contributed by atoms with van der Waals surface area (Å²) in [5.41, 5.74) is 6.07. The van der Waals surface area contributed by atoms with Gasteiger partial charge in [0.1, 0.15) is 0 Å². The van der Waals surface area contributed by atoms with Gasteiger partial charge in [0.05, 0.1) is 31.4 Å². The smallest absolute Gasteiger partial charge is 0.261 e. The molecule has 0 bridgehead atoms. The SMILES string of the molecule is COc1cc2ncn(CCCC(=O)N3CCC(CN)C3)c(=O)c2cc1OC. The molecule has 1 aromatic heterocycles. The maximum Gasteiger partial charge on any atom is 0.261 e. The number of aromatic nitrogens is 2. The Balaban J connectivity index is 1.68. The van der Waals surface area contributed by atoms with Gasteiger partial charge >= 0.3 is 0 Å². The molecule has 1 saturated heterocycles. The molecule has 1 aliphatic heterocycles. The summed E-state index contributed by atoms with van der Waals surface area (Å²) < 4.78 is 12.0. The van der Waals surface area contributed by atoms with Crippen LogP contribution in [0.25, 0.3) is 10.9 Å². The Kier molecular flexibility index (Phi) is 5.95. The van der Waals surface area contributed by atoms with Gasteiger partial charge in [-0.25, -0.2) is 4.98 Å². The summed E-state index contributed by atoms with van der Waals surface area (Å²) in [6, 6.07) is 3.33. The molecule has 1 unspecified atom stereocenters. The number of nitrogens with two attached hydrogens (primary N) is 1. The summed E-state index contributed by atoms with van der Waals surface area (Å²) in [4.78, 5) is 31.2. The molecule has 3 rings (SSSR count). The van der Waals surface area contributed by atoms with Crippen LogP contribution in [0.15, 0.2) is 23.3 Å². The number of hydrogen-bond acceptors (Lipinski definition) is 6. The highest BCUT2D eigenvalue weighted by Crippen LogP contribution is 2.29. The predicted molar refractivity (Wildman–Crippen MR) is 102 cm³/mol. The van der Waals surface area contributed by atoms with Crippen LogP contribution in [0, 0.1) is 5.92 Å². The quantitative estimate of drug-likeness (QED) is 0.776. The summed E-state index contributed by atoms with van der Waals surface area (Å²) >= 11 is 0. The van der Waals surface area contributed by atoms with E-state index in [2.05, 4.69) is 4.98 Å². The number of carbonyl (C=O) groups is 1. The number of rotatable bonds is 7. The van der Waals surface area contributed by atoms with Crippen LogP contribution >= 0.6 is 0 Å². The minimum atomic E-state index is -0.155. The molecule has 0 aliphatic carbocycles. The maximum absolute atomic E-state index is 12.7. The van der Waals surface area contributed by atoms with E-state index in [1.165, 1.54) is 25.1 Å². The van der Waals surface area contributed by atoms with Crippen LogP contribution in [0.3, 0.4) is 0 Å².